The average Bonchev–Trinajstić information content (AvgIpc) is 3.31. The van der Waals surface area contributed by atoms with Gasteiger partial charge in [0.15, 0.2) is 0 Å². The van der Waals surface area contributed by atoms with Crippen LogP contribution in [0.1, 0.15) is 37.2 Å². The lowest BCUT2D eigenvalue weighted by Crippen LogP contribution is -2.43. The SMILES string of the molecule is CCCN1C[C@@H](NC(=O)c2cc(-c3ccccn3)n[nH]2)C[C@H]1C(=O)NCC. The van der Waals surface area contributed by atoms with Crippen LogP contribution in [0.4, 0.5) is 0 Å². The fourth-order valence-corrected chi connectivity index (χ4v) is 3.45. The number of nitrogens with zero attached hydrogens (tertiary/aromatic N) is 3. The largest absolute Gasteiger partial charge is 0.355 e. The standard InChI is InChI=1S/C19H26N6O2/c1-3-9-25-12-13(10-17(25)19(27)20-4-2)22-18(26)16-11-15(23-24-16)14-7-5-6-8-21-14/h5-8,11,13,17H,3-4,9-10,12H2,1-2H3,(H,20,27)(H,22,26)(H,23,24)/t13-,17-/m0/s1. The van der Waals surface area contributed by atoms with Gasteiger partial charge in [-0.1, -0.05) is 13.0 Å². The first-order valence-corrected chi connectivity index (χ1v) is 9.41. The third kappa shape index (κ3) is 4.51. The molecule has 2 aromatic heterocycles. The molecule has 2 amide bonds. The summed E-state index contributed by atoms with van der Waals surface area (Å²) in [6, 6.07) is 6.97. The molecule has 0 saturated carbocycles. The number of aromatic nitrogens is 3. The molecule has 0 unspecified atom stereocenters. The Morgan fingerprint density at radius 3 is 2.85 bits per heavy atom. The number of hydrogen-bond acceptors (Lipinski definition) is 5. The quantitative estimate of drug-likeness (QED) is 0.679. The van der Waals surface area contributed by atoms with Crippen LogP contribution in [0.15, 0.2) is 30.5 Å². The minimum absolute atomic E-state index is 0.0293. The van der Waals surface area contributed by atoms with Gasteiger partial charge in [0.2, 0.25) is 5.91 Å². The van der Waals surface area contributed by atoms with E-state index in [4.69, 9.17) is 0 Å². The molecule has 1 saturated heterocycles. The van der Waals surface area contributed by atoms with Crippen LogP contribution >= 0.6 is 0 Å². The highest BCUT2D eigenvalue weighted by molar-refractivity contribution is 5.93. The number of likely N-dealkylation sites (N-methyl/N-ethyl adjacent to an activating group) is 1. The Morgan fingerprint density at radius 2 is 2.15 bits per heavy atom. The van der Waals surface area contributed by atoms with Crippen LogP contribution in [0.3, 0.4) is 0 Å². The van der Waals surface area contributed by atoms with Crippen LogP contribution in [0, 0.1) is 0 Å². The summed E-state index contributed by atoms with van der Waals surface area (Å²) in [7, 11) is 0. The zero-order chi connectivity index (χ0) is 19.2. The van der Waals surface area contributed by atoms with Crippen molar-refractivity contribution in [3.63, 3.8) is 0 Å². The average molecular weight is 370 g/mol. The molecule has 8 heteroatoms. The molecular weight excluding hydrogens is 344 g/mol. The van der Waals surface area contributed by atoms with Gasteiger partial charge in [-0.25, -0.2) is 0 Å². The monoisotopic (exact) mass is 370 g/mol. The summed E-state index contributed by atoms with van der Waals surface area (Å²) in [5.41, 5.74) is 1.72. The van der Waals surface area contributed by atoms with Crippen molar-refractivity contribution in [3.8, 4) is 11.4 Å². The number of carbonyl (C=O) groups is 2. The fraction of sp³-hybridized carbons (Fsp3) is 0.474. The minimum Gasteiger partial charge on any atom is -0.355 e. The molecule has 8 nitrogen and oxygen atoms in total. The summed E-state index contributed by atoms with van der Waals surface area (Å²) in [5.74, 6) is -0.190. The molecule has 27 heavy (non-hydrogen) atoms. The first-order valence-electron chi connectivity index (χ1n) is 9.41. The van der Waals surface area contributed by atoms with Crippen molar-refractivity contribution < 1.29 is 9.59 Å². The van der Waals surface area contributed by atoms with Gasteiger partial charge in [0.1, 0.15) is 11.4 Å². The predicted molar refractivity (Wildman–Crippen MR) is 102 cm³/mol. The van der Waals surface area contributed by atoms with Crippen LogP contribution in [0.2, 0.25) is 0 Å². The van der Waals surface area contributed by atoms with E-state index in [9.17, 15) is 9.59 Å². The van der Waals surface area contributed by atoms with E-state index in [-0.39, 0.29) is 23.9 Å². The summed E-state index contributed by atoms with van der Waals surface area (Å²) in [5, 5.41) is 12.9. The van der Waals surface area contributed by atoms with Crippen LogP contribution in [-0.4, -0.2) is 63.6 Å². The summed E-state index contributed by atoms with van der Waals surface area (Å²) in [6.07, 6.45) is 3.26. The molecular formula is C19H26N6O2. The number of amides is 2. The van der Waals surface area contributed by atoms with E-state index in [0.29, 0.717) is 36.6 Å². The maximum atomic E-state index is 12.6. The second-order valence-corrected chi connectivity index (χ2v) is 6.69. The van der Waals surface area contributed by atoms with Crippen LogP contribution in [-0.2, 0) is 4.79 Å². The van der Waals surface area contributed by atoms with Crippen molar-refractivity contribution in [2.75, 3.05) is 19.6 Å². The lowest BCUT2D eigenvalue weighted by atomic mass is 10.1. The van der Waals surface area contributed by atoms with Crippen molar-refractivity contribution >= 4 is 11.8 Å². The van der Waals surface area contributed by atoms with E-state index in [1.807, 2.05) is 25.1 Å². The maximum Gasteiger partial charge on any atom is 0.269 e. The second kappa shape index (κ2) is 8.77. The Labute approximate surface area is 158 Å². The molecule has 3 N–H and O–H groups in total. The Morgan fingerprint density at radius 1 is 1.30 bits per heavy atom. The second-order valence-electron chi connectivity index (χ2n) is 6.69. The van der Waals surface area contributed by atoms with Crippen molar-refractivity contribution in [1.82, 2.24) is 30.7 Å². The molecule has 2 atom stereocenters. The summed E-state index contributed by atoms with van der Waals surface area (Å²) < 4.78 is 0. The molecule has 0 radical (unpaired) electrons. The number of aromatic amines is 1. The first-order chi connectivity index (χ1) is 13.1. The van der Waals surface area contributed by atoms with Crippen molar-refractivity contribution in [2.45, 2.75) is 38.8 Å². The maximum absolute atomic E-state index is 12.6. The zero-order valence-electron chi connectivity index (χ0n) is 15.7. The van der Waals surface area contributed by atoms with Crippen LogP contribution in [0.5, 0.6) is 0 Å². The fourth-order valence-electron chi connectivity index (χ4n) is 3.45. The van der Waals surface area contributed by atoms with Gasteiger partial charge in [-0.05, 0) is 44.5 Å². The van der Waals surface area contributed by atoms with E-state index in [2.05, 4.69) is 37.6 Å². The smallest absolute Gasteiger partial charge is 0.269 e. The molecule has 0 aliphatic carbocycles. The van der Waals surface area contributed by atoms with Gasteiger partial charge in [-0.2, -0.15) is 5.10 Å². The van der Waals surface area contributed by atoms with Crippen molar-refractivity contribution in [3.05, 3.63) is 36.2 Å². The topological polar surface area (TPSA) is 103 Å². The number of hydrogen-bond donors (Lipinski definition) is 3. The third-order valence-corrected chi connectivity index (χ3v) is 4.65. The molecule has 1 fully saturated rings. The highest BCUT2D eigenvalue weighted by atomic mass is 16.2. The number of carbonyl (C=O) groups excluding carboxylic acids is 2. The highest BCUT2D eigenvalue weighted by Gasteiger charge is 2.36. The molecule has 144 valence electrons. The van der Waals surface area contributed by atoms with Crippen molar-refractivity contribution in [2.24, 2.45) is 0 Å². The molecule has 3 rings (SSSR count). The predicted octanol–water partition coefficient (Wildman–Crippen LogP) is 1.19. The molecule has 3 heterocycles. The minimum atomic E-state index is -0.220. The lowest BCUT2D eigenvalue weighted by Gasteiger charge is -2.22. The molecule has 0 bridgehead atoms. The van der Waals surface area contributed by atoms with E-state index >= 15 is 0 Å². The molecule has 1 aliphatic rings. The van der Waals surface area contributed by atoms with E-state index in [0.717, 1.165) is 13.0 Å². The molecule has 0 aromatic carbocycles. The lowest BCUT2D eigenvalue weighted by molar-refractivity contribution is -0.125. The number of H-pyrrole nitrogens is 1. The summed E-state index contributed by atoms with van der Waals surface area (Å²) >= 11 is 0. The van der Waals surface area contributed by atoms with Gasteiger partial charge >= 0.3 is 0 Å². The molecule has 0 spiro atoms. The highest BCUT2D eigenvalue weighted by Crippen LogP contribution is 2.20. The van der Waals surface area contributed by atoms with Crippen LogP contribution < -0.4 is 10.6 Å². The van der Waals surface area contributed by atoms with Gasteiger partial charge in [-0.15, -0.1) is 0 Å². The van der Waals surface area contributed by atoms with E-state index in [1.165, 1.54) is 0 Å². The number of likely N-dealkylation sites (tertiary alicyclic amines) is 1. The van der Waals surface area contributed by atoms with E-state index in [1.54, 1.807) is 12.3 Å². The Bertz CT molecular complexity index is 776. The van der Waals surface area contributed by atoms with Gasteiger partial charge in [-0.3, -0.25) is 24.6 Å². The summed E-state index contributed by atoms with van der Waals surface area (Å²) in [6.45, 7) is 6.11. The number of rotatable bonds is 7. The van der Waals surface area contributed by atoms with Gasteiger partial charge in [0, 0.05) is 25.3 Å². The van der Waals surface area contributed by atoms with Gasteiger partial charge in [0.05, 0.1) is 11.7 Å². The summed E-state index contributed by atoms with van der Waals surface area (Å²) in [4.78, 5) is 31.3. The van der Waals surface area contributed by atoms with Crippen LogP contribution in [0.25, 0.3) is 11.4 Å². The normalized spacial score (nSPS) is 19.8. The first kappa shape index (κ1) is 19.0. The zero-order valence-corrected chi connectivity index (χ0v) is 15.7. The van der Waals surface area contributed by atoms with E-state index < -0.39 is 0 Å². The van der Waals surface area contributed by atoms with Crippen molar-refractivity contribution in [1.29, 1.82) is 0 Å². The number of pyridine rings is 1. The third-order valence-electron chi connectivity index (χ3n) is 4.65. The number of nitrogens with one attached hydrogen (secondary N) is 3. The Kier molecular flexibility index (Phi) is 6.18. The van der Waals surface area contributed by atoms with Gasteiger partial charge < -0.3 is 10.6 Å². The molecule has 1 aliphatic heterocycles. The Hall–Kier alpha value is -2.74. The van der Waals surface area contributed by atoms with Gasteiger partial charge in [0.25, 0.3) is 5.91 Å². The Balaban J connectivity index is 1.64. The molecule has 2 aromatic rings.